The van der Waals surface area contributed by atoms with E-state index in [1.54, 1.807) is 0 Å². The van der Waals surface area contributed by atoms with Gasteiger partial charge < -0.3 is 4.42 Å². The Morgan fingerprint density at radius 1 is 0.273 bits per heavy atom. The largest absolute Gasteiger partial charge is 0.455 e. The first kappa shape index (κ1) is 30.3. The molecule has 0 saturated heterocycles. The number of rotatable bonds is 4. The van der Waals surface area contributed by atoms with E-state index in [0.717, 1.165) is 33.1 Å². The topological polar surface area (TPSA) is 13.1 Å². The number of hydrogen-bond donors (Lipinski definition) is 0. The molecule has 1 aromatic heterocycles. The summed E-state index contributed by atoms with van der Waals surface area (Å²) >= 11 is 0. The molecule has 0 atom stereocenters. The zero-order valence-electron chi connectivity index (χ0n) is 29.9. The molecule has 1 nitrogen and oxygen atoms in total. The van der Waals surface area contributed by atoms with Gasteiger partial charge in [-0.25, -0.2) is 0 Å². The fourth-order valence-electron chi connectivity index (χ4n) is 9.42. The third kappa shape index (κ3) is 4.41. The second-order valence-corrected chi connectivity index (χ2v) is 14.7. The van der Waals surface area contributed by atoms with Crippen LogP contribution in [-0.2, 0) is 0 Å². The second-order valence-electron chi connectivity index (χ2n) is 14.7. The molecule has 0 radical (unpaired) electrons. The van der Waals surface area contributed by atoms with E-state index >= 15 is 0 Å². The maximum absolute atomic E-state index is 6.44. The number of para-hydroxylation sites is 2. The van der Waals surface area contributed by atoms with Crippen molar-refractivity contribution in [1.29, 1.82) is 0 Å². The summed E-state index contributed by atoms with van der Waals surface area (Å²) in [5.74, 6) is 0. The highest BCUT2D eigenvalue weighted by Crippen LogP contribution is 2.58. The molecular formula is C54H32O. The second kappa shape index (κ2) is 11.6. The molecule has 0 aliphatic heterocycles. The van der Waals surface area contributed by atoms with Gasteiger partial charge in [-0.15, -0.1) is 0 Å². The van der Waals surface area contributed by atoms with Crippen molar-refractivity contribution in [3.05, 3.63) is 194 Å². The molecule has 12 rings (SSSR count). The first-order chi connectivity index (χ1) is 27.3. The third-order valence-electron chi connectivity index (χ3n) is 11.8. The van der Waals surface area contributed by atoms with Gasteiger partial charge in [-0.3, -0.25) is 0 Å². The normalized spacial score (nSPS) is 12.0. The summed E-state index contributed by atoms with van der Waals surface area (Å²) in [5.41, 5.74) is 16.9. The summed E-state index contributed by atoms with van der Waals surface area (Å²) in [4.78, 5) is 0. The van der Waals surface area contributed by atoms with Crippen LogP contribution >= 0.6 is 0 Å². The van der Waals surface area contributed by atoms with Crippen molar-refractivity contribution in [2.45, 2.75) is 0 Å². The Hall–Kier alpha value is -7.22. The maximum atomic E-state index is 6.44. The Morgan fingerprint density at radius 3 is 1.45 bits per heavy atom. The predicted molar refractivity (Wildman–Crippen MR) is 232 cm³/mol. The maximum Gasteiger partial charge on any atom is 0.143 e. The summed E-state index contributed by atoms with van der Waals surface area (Å²) in [6.45, 7) is 0. The molecule has 55 heavy (non-hydrogen) atoms. The van der Waals surface area contributed by atoms with Crippen LogP contribution in [-0.4, -0.2) is 0 Å². The molecule has 0 bridgehead atoms. The predicted octanol–water partition coefficient (Wildman–Crippen LogP) is 15.4. The molecule has 11 aromatic rings. The van der Waals surface area contributed by atoms with Crippen molar-refractivity contribution in [3.63, 3.8) is 0 Å². The van der Waals surface area contributed by atoms with Gasteiger partial charge in [0, 0.05) is 16.3 Å². The fraction of sp³-hybridized carbons (Fsp3) is 0. The van der Waals surface area contributed by atoms with E-state index < -0.39 is 0 Å². The molecule has 1 aliphatic carbocycles. The Balaban J connectivity index is 1.09. The van der Waals surface area contributed by atoms with Gasteiger partial charge in [-0.1, -0.05) is 176 Å². The van der Waals surface area contributed by atoms with E-state index in [0.29, 0.717) is 0 Å². The van der Waals surface area contributed by atoms with Gasteiger partial charge in [0.25, 0.3) is 0 Å². The van der Waals surface area contributed by atoms with Crippen LogP contribution in [0.4, 0.5) is 0 Å². The molecule has 0 amide bonds. The lowest BCUT2D eigenvalue weighted by Gasteiger charge is -2.20. The molecule has 1 aliphatic rings. The van der Waals surface area contributed by atoms with Crippen molar-refractivity contribution in [2.75, 3.05) is 0 Å². The molecule has 10 aromatic carbocycles. The van der Waals surface area contributed by atoms with Crippen molar-refractivity contribution in [3.8, 4) is 66.8 Å². The minimum atomic E-state index is 0.919. The van der Waals surface area contributed by atoms with Crippen LogP contribution in [0.25, 0.3) is 121 Å². The lowest BCUT2D eigenvalue weighted by molar-refractivity contribution is 0.670. The number of hydrogen-bond acceptors (Lipinski definition) is 1. The van der Waals surface area contributed by atoms with Crippen molar-refractivity contribution >= 4 is 54.3 Å². The zero-order chi connectivity index (χ0) is 36.0. The van der Waals surface area contributed by atoms with Crippen LogP contribution < -0.4 is 0 Å². The van der Waals surface area contributed by atoms with Crippen LogP contribution in [0.1, 0.15) is 0 Å². The van der Waals surface area contributed by atoms with Crippen molar-refractivity contribution in [2.24, 2.45) is 0 Å². The lowest BCUT2D eigenvalue weighted by atomic mass is 9.82. The molecule has 0 saturated carbocycles. The minimum absolute atomic E-state index is 0.919. The monoisotopic (exact) mass is 696 g/mol. The summed E-state index contributed by atoms with van der Waals surface area (Å²) < 4.78 is 6.44. The summed E-state index contributed by atoms with van der Waals surface area (Å²) in [6, 6.07) is 71.0. The quantitative estimate of drug-likeness (QED) is 0.179. The van der Waals surface area contributed by atoms with Crippen LogP contribution in [0.5, 0.6) is 0 Å². The van der Waals surface area contributed by atoms with Crippen LogP contribution in [0.3, 0.4) is 0 Å². The van der Waals surface area contributed by atoms with Crippen molar-refractivity contribution < 1.29 is 4.42 Å². The molecule has 0 spiro atoms. The lowest BCUT2D eigenvalue weighted by Crippen LogP contribution is -1.93. The van der Waals surface area contributed by atoms with E-state index in [-0.39, 0.29) is 0 Å². The van der Waals surface area contributed by atoms with Crippen LogP contribution in [0.15, 0.2) is 199 Å². The van der Waals surface area contributed by atoms with Gasteiger partial charge in [0.1, 0.15) is 11.2 Å². The molecule has 254 valence electrons. The highest BCUT2D eigenvalue weighted by atomic mass is 16.3. The van der Waals surface area contributed by atoms with Crippen LogP contribution in [0.2, 0.25) is 0 Å². The SMILES string of the molecule is c1ccc(-c2c3c(c(-c4ccccc4)c4ccccc24)-c2ccc(-c4ccc5ccc(-c6cccc7c6oc6ccccc67)cc5c4)c4cccc-3c24)cc1. The smallest absolute Gasteiger partial charge is 0.143 e. The van der Waals surface area contributed by atoms with E-state index in [1.165, 1.54) is 88.0 Å². The number of benzene rings is 10. The van der Waals surface area contributed by atoms with Gasteiger partial charge in [0.15, 0.2) is 0 Å². The first-order valence-electron chi connectivity index (χ1n) is 19.0. The van der Waals surface area contributed by atoms with E-state index in [1.807, 2.05) is 6.07 Å². The average molecular weight is 697 g/mol. The highest BCUT2D eigenvalue weighted by Gasteiger charge is 2.31. The Morgan fingerprint density at radius 2 is 0.782 bits per heavy atom. The Labute approximate surface area is 318 Å². The molecular weight excluding hydrogens is 665 g/mol. The van der Waals surface area contributed by atoms with Crippen LogP contribution in [0, 0.1) is 0 Å². The van der Waals surface area contributed by atoms with Gasteiger partial charge in [-0.05, 0) is 112 Å². The van der Waals surface area contributed by atoms with E-state index in [2.05, 4.69) is 188 Å². The van der Waals surface area contributed by atoms with Crippen molar-refractivity contribution in [1.82, 2.24) is 0 Å². The van der Waals surface area contributed by atoms with Gasteiger partial charge in [0.2, 0.25) is 0 Å². The average Bonchev–Trinajstić information content (AvgIpc) is 3.80. The number of fused-ring (bicyclic) bond motifs is 8. The van der Waals surface area contributed by atoms with E-state index in [4.69, 9.17) is 4.42 Å². The fourth-order valence-corrected chi connectivity index (χ4v) is 9.42. The van der Waals surface area contributed by atoms with Gasteiger partial charge in [0.05, 0.1) is 0 Å². The molecule has 1 heterocycles. The zero-order valence-corrected chi connectivity index (χ0v) is 29.9. The number of furan rings is 1. The van der Waals surface area contributed by atoms with Gasteiger partial charge in [-0.2, -0.15) is 0 Å². The summed E-state index contributed by atoms with van der Waals surface area (Å²) in [6.07, 6.45) is 0. The summed E-state index contributed by atoms with van der Waals surface area (Å²) in [7, 11) is 0. The first-order valence-corrected chi connectivity index (χ1v) is 19.0. The molecule has 0 unspecified atom stereocenters. The summed E-state index contributed by atoms with van der Waals surface area (Å²) in [5, 5.41) is 9.87. The molecule has 0 fully saturated rings. The molecule has 0 N–H and O–H groups in total. The van der Waals surface area contributed by atoms with E-state index in [9.17, 15) is 0 Å². The highest BCUT2D eigenvalue weighted by molar-refractivity contribution is 6.29. The van der Waals surface area contributed by atoms with Gasteiger partial charge >= 0.3 is 0 Å². The standard InChI is InChI=1S/C54H32O/c1-3-13-34(14-4-1)49-43-18-7-8-19-44(43)50(35-15-5-2-6-16-35)53-47-30-29-39(42-21-12-23-46(51(42)47)52(49)53)36-27-25-33-26-28-37(32-38(33)31-36)40-20-11-22-45-41-17-9-10-24-48(41)55-54(40)45/h1-32H. The Kier molecular flexibility index (Phi) is 6.40. The Bertz CT molecular complexity index is 3260. The minimum Gasteiger partial charge on any atom is -0.455 e. The molecule has 1 heteroatoms. The third-order valence-corrected chi connectivity index (χ3v) is 11.8.